The van der Waals surface area contributed by atoms with Crippen molar-refractivity contribution >= 4 is 27.5 Å². The van der Waals surface area contributed by atoms with Crippen molar-refractivity contribution in [2.45, 2.75) is 13.3 Å². The maximum absolute atomic E-state index is 11.9. The lowest BCUT2D eigenvalue weighted by atomic mass is 10.1. The van der Waals surface area contributed by atoms with Gasteiger partial charge in [-0.15, -0.1) is 0 Å². The van der Waals surface area contributed by atoms with Crippen LogP contribution in [0.1, 0.15) is 11.3 Å². The van der Waals surface area contributed by atoms with Gasteiger partial charge in [-0.1, -0.05) is 18.2 Å². The first-order valence-corrected chi connectivity index (χ1v) is 6.55. The predicted octanol–water partition coefficient (Wildman–Crippen LogP) is 3.04. The van der Waals surface area contributed by atoms with Crippen LogP contribution in [0.5, 0.6) is 5.75 Å². The molecule has 19 heavy (non-hydrogen) atoms. The summed E-state index contributed by atoms with van der Waals surface area (Å²) in [5, 5.41) is 12.4. The van der Waals surface area contributed by atoms with E-state index >= 15 is 0 Å². The predicted molar refractivity (Wildman–Crippen MR) is 77.1 cm³/mol. The van der Waals surface area contributed by atoms with Gasteiger partial charge in [0.15, 0.2) is 0 Å². The molecule has 0 spiro atoms. The number of carbonyl (C=O) groups excluding carboxylic acids is 1. The molecule has 1 heterocycles. The highest BCUT2D eigenvalue weighted by Crippen LogP contribution is 2.19. The number of rotatable bonds is 3. The highest BCUT2D eigenvalue weighted by atomic mass is 79.9. The molecule has 0 aliphatic heterocycles. The minimum Gasteiger partial charge on any atom is -0.508 e. The Hall–Kier alpha value is -1.88. The lowest BCUT2D eigenvalue weighted by Gasteiger charge is -2.08. The van der Waals surface area contributed by atoms with Crippen LogP contribution in [-0.4, -0.2) is 16.0 Å². The first kappa shape index (κ1) is 13.5. The number of phenolic OH excluding ortho intramolecular Hbond substituents is 1. The fraction of sp³-hybridized carbons (Fsp3) is 0.143. The second kappa shape index (κ2) is 5.84. The summed E-state index contributed by atoms with van der Waals surface area (Å²) in [4.78, 5) is 16.1. The van der Waals surface area contributed by atoms with Crippen molar-refractivity contribution in [1.29, 1.82) is 0 Å². The standard InChI is InChI=1S/C14H13BrN2O2/c1-9-11(6-7-13(15)16-9)17-14(19)8-10-4-2-3-5-12(10)18/h2-7,18H,8H2,1H3,(H,17,19). The van der Waals surface area contributed by atoms with Crippen LogP contribution in [0.15, 0.2) is 41.0 Å². The average molecular weight is 321 g/mol. The number of anilines is 1. The van der Waals surface area contributed by atoms with Gasteiger partial charge in [-0.05, 0) is 41.1 Å². The second-order valence-electron chi connectivity index (χ2n) is 4.12. The van der Waals surface area contributed by atoms with Crippen molar-refractivity contribution in [2.75, 3.05) is 5.32 Å². The van der Waals surface area contributed by atoms with E-state index in [9.17, 15) is 9.90 Å². The second-order valence-corrected chi connectivity index (χ2v) is 4.93. The summed E-state index contributed by atoms with van der Waals surface area (Å²) in [6.45, 7) is 1.82. The molecule has 2 aromatic rings. The molecule has 4 nitrogen and oxygen atoms in total. The number of halogens is 1. The molecule has 0 radical (unpaired) electrons. The van der Waals surface area contributed by atoms with E-state index < -0.39 is 0 Å². The van der Waals surface area contributed by atoms with Crippen LogP contribution in [0.4, 0.5) is 5.69 Å². The van der Waals surface area contributed by atoms with Gasteiger partial charge in [0, 0.05) is 5.56 Å². The van der Waals surface area contributed by atoms with E-state index in [1.165, 1.54) is 0 Å². The number of benzene rings is 1. The van der Waals surface area contributed by atoms with Crippen LogP contribution in [0.25, 0.3) is 0 Å². The van der Waals surface area contributed by atoms with E-state index in [1.54, 1.807) is 36.4 Å². The molecule has 2 rings (SSSR count). The van der Waals surface area contributed by atoms with Gasteiger partial charge in [-0.25, -0.2) is 4.98 Å². The molecule has 2 N–H and O–H groups in total. The number of hydrogen-bond donors (Lipinski definition) is 2. The highest BCUT2D eigenvalue weighted by molar-refractivity contribution is 9.10. The first-order valence-electron chi connectivity index (χ1n) is 5.76. The van der Waals surface area contributed by atoms with Crippen molar-refractivity contribution in [3.8, 4) is 5.75 Å². The lowest BCUT2D eigenvalue weighted by molar-refractivity contribution is -0.115. The Balaban J connectivity index is 2.08. The van der Waals surface area contributed by atoms with Gasteiger partial charge in [-0.2, -0.15) is 0 Å². The number of para-hydroxylation sites is 1. The molecule has 1 aromatic heterocycles. The lowest BCUT2D eigenvalue weighted by Crippen LogP contribution is -2.15. The van der Waals surface area contributed by atoms with Crippen molar-refractivity contribution in [3.05, 3.63) is 52.3 Å². The zero-order valence-corrected chi connectivity index (χ0v) is 11.9. The number of hydrogen-bond acceptors (Lipinski definition) is 3. The van der Waals surface area contributed by atoms with Crippen LogP contribution in [0.3, 0.4) is 0 Å². The molecular formula is C14H13BrN2O2. The number of aromatic hydroxyl groups is 1. The molecule has 98 valence electrons. The number of nitrogens with zero attached hydrogens (tertiary/aromatic N) is 1. The Morgan fingerprint density at radius 2 is 2.05 bits per heavy atom. The molecule has 0 saturated heterocycles. The van der Waals surface area contributed by atoms with Gasteiger partial charge >= 0.3 is 0 Å². The largest absolute Gasteiger partial charge is 0.508 e. The van der Waals surface area contributed by atoms with E-state index in [-0.39, 0.29) is 18.1 Å². The van der Waals surface area contributed by atoms with Crippen molar-refractivity contribution in [1.82, 2.24) is 4.98 Å². The van der Waals surface area contributed by atoms with Gasteiger partial charge in [0.2, 0.25) is 5.91 Å². The molecular weight excluding hydrogens is 308 g/mol. The Morgan fingerprint density at radius 1 is 1.32 bits per heavy atom. The number of amides is 1. The molecule has 5 heteroatoms. The molecule has 1 aromatic carbocycles. The Labute approximate surface area is 119 Å². The molecule has 0 aliphatic rings. The zero-order chi connectivity index (χ0) is 13.8. The van der Waals surface area contributed by atoms with Gasteiger partial charge in [0.1, 0.15) is 10.4 Å². The van der Waals surface area contributed by atoms with Crippen LogP contribution < -0.4 is 5.32 Å². The number of nitrogens with one attached hydrogen (secondary N) is 1. The molecule has 0 unspecified atom stereocenters. The Bertz CT molecular complexity index is 614. The van der Waals surface area contributed by atoms with Crippen molar-refractivity contribution in [3.63, 3.8) is 0 Å². The molecule has 1 amide bonds. The molecule has 0 bridgehead atoms. The summed E-state index contributed by atoms with van der Waals surface area (Å²) >= 11 is 3.27. The van der Waals surface area contributed by atoms with Gasteiger partial charge in [0.05, 0.1) is 17.8 Å². The van der Waals surface area contributed by atoms with E-state index in [0.29, 0.717) is 11.3 Å². The monoisotopic (exact) mass is 320 g/mol. The maximum atomic E-state index is 11.9. The number of aryl methyl sites for hydroxylation is 1. The minimum atomic E-state index is -0.186. The van der Waals surface area contributed by atoms with Crippen LogP contribution >= 0.6 is 15.9 Å². The summed E-state index contributed by atoms with van der Waals surface area (Å²) in [6, 6.07) is 10.3. The third-order valence-corrected chi connectivity index (χ3v) is 3.11. The Kier molecular flexibility index (Phi) is 4.16. The van der Waals surface area contributed by atoms with E-state index in [4.69, 9.17) is 0 Å². The van der Waals surface area contributed by atoms with Crippen LogP contribution in [-0.2, 0) is 11.2 Å². The van der Waals surface area contributed by atoms with Gasteiger partial charge < -0.3 is 10.4 Å². The number of pyridine rings is 1. The summed E-state index contributed by atoms with van der Waals surface area (Å²) in [5.41, 5.74) is 2.01. The van der Waals surface area contributed by atoms with E-state index in [2.05, 4.69) is 26.2 Å². The third-order valence-electron chi connectivity index (χ3n) is 2.67. The summed E-state index contributed by atoms with van der Waals surface area (Å²) < 4.78 is 0.726. The summed E-state index contributed by atoms with van der Waals surface area (Å²) in [7, 11) is 0. The average Bonchev–Trinajstić information content (AvgIpc) is 2.36. The fourth-order valence-electron chi connectivity index (χ4n) is 1.69. The van der Waals surface area contributed by atoms with Crippen LogP contribution in [0.2, 0.25) is 0 Å². The smallest absolute Gasteiger partial charge is 0.228 e. The zero-order valence-electron chi connectivity index (χ0n) is 10.4. The van der Waals surface area contributed by atoms with Crippen molar-refractivity contribution in [2.24, 2.45) is 0 Å². The first-order chi connectivity index (χ1) is 9.06. The van der Waals surface area contributed by atoms with E-state index in [1.807, 2.05) is 6.92 Å². The Morgan fingerprint density at radius 3 is 2.74 bits per heavy atom. The third kappa shape index (κ3) is 3.54. The number of aromatic nitrogens is 1. The minimum absolute atomic E-state index is 0.127. The number of phenols is 1. The molecule has 0 fully saturated rings. The fourth-order valence-corrected chi connectivity index (χ4v) is 2.09. The summed E-state index contributed by atoms with van der Waals surface area (Å²) in [5.74, 6) is -0.0583. The van der Waals surface area contributed by atoms with Gasteiger partial charge in [0.25, 0.3) is 0 Å². The van der Waals surface area contributed by atoms with E-state index in [0.717, 1.165) is 10.3 Å². The van der Waals surface area contributed by atoms with Crippen LogP contribution in [0, 0.1) is 6.92 Å². The topological polar surface area (TPSA) is 62.2 Å². The normalized spacial score (nSPS) is 10.2. The van der Waals surface area contributed by atoms with Gasteiger partial charge in [-0.3, -0.25) is 4.79 Å². The van der Waals surface area contributed by atoms with Crippen molar-refractivity contribution < 1.29 is 9.90 Å². The highest BCUT2D eigenvalue weighted by Gasteiger charge is 2.09. The molecule has 0 atom stereocenters. The molecule has 0 saturated carbocycles. The number of carbonyl (C=O) groups is 1. The maximum Gasteiger partial charge on any atom is 0.228 e. The quantitative estimate of drug-likeness (QED) is 0.854. The SMILES string of the molecule is Cc1nc(Br)ccc1NC(=O)Cc1ccccc1O. The summed E-state index contributed by atoms with van der Waals surface area (Å²) in [6.07, 6.45) is 0.127. The molecule has 0 aliphatic carbocycles.